The Balaban J connectivity index is 1.14. The first-order valence-corrected chi connectivity index (χ1v) is 19.1. The van der Waals surface area contributed by atoms with E-state index >= 15 is 0 Å². The average molecular weight is 679 g/mol. The summed E-state index contributed by atoms with van der Waals surface area (Å²) < 4.78 is 94.0. The molecule has 15 heteroatoms. The van der Waals surface area contributed by atoms with Gasteiger partial charge in [0.2, 0.25) is 0 Å². The van der Waals surface area contributed by atoms with E-state index in [2.05, 4.69) is 0 Å². The first kappa shape index (κ1) is 31.6. The Kier molecular flexibility index (Phi) is 9.29. The second-order valence-corrected chi connectivity index (χ2v) is 15.9. The molecule has 3 aromatic carbocycles. The minimum Gasteiger partial charge on any atom is -0.282 e. The number of rotatable bonds is 6. The predicted octanol–water partition coefficient (Wildman–Crippen LogP) is 7.89. The lowest BCUT2D eigenvalue weighted by molar-refractivity contribution is -0.0889. The lowest BCUT2D eigenvalue weighted by Gasteiger charge is -2.39. The molecule has 0 spiro atoms. The Morgan fingerprint density at radius 2 is 0.711 bits per heavy atom. The van der Waals surface area contributed by atoms with Gasteiger partial charge in [0.05, 0.1) is 51.8 Å². The maximum atomic E-state index is 14.0. The zero-order chi connectivity index (χ0) is 30.9. The molecule has 45 heavy (non-hydrogen) atoms. The van der Waals surface area contributed by atoms with Gasteiger partial charge >= 0.3 is 23.5 Å². The van der Waals surface area contributed by atoms with E-state index in [-0.39, 0.29) is 39.6 Å². The van der Waals surface area contributed by atoms with Gasteiger partial charge in [-0.1, -0.05) is 72.8 Å². The Morgan fingerprint density at radius 3 is 1.00 bits per heavy atom. The number of hydrogen-bond acceptors (Lipinski definition) is 12. The van der Waals surface area contributed by atoms with Crippen molar-refractivity contribution in [2.45, 2.75) is 77.2 Å². The molecule has 0 N–H and O–H groups in total. The first-order chi connectivity index (χ1) is 21.8. The van der Waals surface area contributed by atoms with Gasteiger partial charge in [0.15, 0.2) is 0 Å². The van der Waals surface area contributed by atoms with Gasteiger partial charge < -0.3 is 0 Å². The molecule has 3 aliphatic heterocycles. The highest BCUT2D eigenvalue weighted by atomic mass is 31.2. The van der Waals surface area contributed by atoms with Crippen LogP contribution in [0.15, 0.2) is 72.8 Å². The van der Waals surface area contributed by atoms with Crippen LogP contribution in [0.1, 0.15) is 52.6 Å². The summed E-state index contributed by atoms with van der Waals surface area (Å²) in [6, 6.07) is 22.2. The van der Waals surface area contributed by atoms with E-state index in [0.29, 0.717) is 19.3 Å². The summed E-state index contributed by atoms with van der Waals surface area (Å²) in [6.45, 7) is -0.0253. The summed E-state index contributed by atoms with van der Waals surface area (Å²) in [5.74, 6) is 0. The van der Waals surface area contributed by atoms with Crippen LogP contribution < -0.4 is 0 Å². The smallest absolute Gasteiger partial charge is 0.282 e. The Morgan fingerprint density at radius 1 is 0.444 bits per heavy atom. The van der Waals surface area contributed by atoms with Crippen molar-refractivity contribution in [3.8, 4) is 0 Å². The zero-order valence-electron chi connectivity index (χ0n) is 24.3. The van der Waals surface area contributed by atoms with Gasteiger partial charge in [-0.3, -0.25) is 40.7 Å². The van der Waals surface area contributed by atoms with E-state index in [9.17, 15) is 13.7 Å². The fourth-order valence-electron chi connectivity index (χ4n) is 5.63. The van der Waals surface area contributed by atoms with Gasteiger partial charge in [-0.25, -0.2) is 13.7 Å². The topological polar surface area (TPSA) is 134 Å². The summed E-state index contributed by atoms with van der Waals surface area (Å²) >= 11 is 0. The molecule has 0 unspecified atom stereocenters. The van der Waals surface area contributed by atoms with Crippen LogP contribution in [0.2, 0.25) is 0 Å². The maximum Gasteiger partial charge on any atom is 0.475 e. The maximum absolute atomic E-state index is 14.0. The molecule has 2 atom stereocenters. The molecule has 12 nitrogen and oxygen atoms in total. The molecule has 4 aliphatic rings. The van der Waals surface area contributed by atoms with Crippen molar-refractivity contribution in [3.05, 3.63) is 106 Å². The summed E-state index contributed by atoms with van der Waals surface area (Å²) in [6.07, 6.45) is -2.19. The lowest BCUT2D eigenvalue weighted by Crippen LogP contribution is -2.45. The predicted molar refractivity (Wildman–Crippen MR) is 159 cm³/mol. The largest absolute Gasteiger partial charge is 0.475 e. The van der Waals surface area contributed by atoms with Crippen molar-refractivity contribution < 1.29 is 54.4 Å². The van der Waals surface area contributed by atoms with Crippen LogP contribution in [0.4, 0.5) is 0 Å². The quantitative estimate of drug-likeness (QED) is 0.235. The third-order valence-corrected chi connectivity index (χ3v) is 12.3. The van der Waals surface area contributed by atoms with E-state index in [0.717, 1.165) is 33.4 Å². The number of phosphoric acid groups is 3. The minimum atomic E-state index is -4.25. The molecule has 1 fully saturated rings. The van der Waals surface area contributed by atoms with Gasteiger partial charge in [0.1, 0.15) is 6.10 Å². The summed E-state index contributed by atoms with van der Waals surface area (Å²) in [4.78, 5) is 0. The van der Waals surface area contributed by atoms with Gasteiger partial charge in [-0.15, -0.1) is 0 Å². The van der Waals surface area contributed by atoms with E-state index in [1.54, 1.807) is 0 Å². The van der Waals surface area contributed by atoms with Crippen LogP contribution in [0.5, 0.6) is 0 Å². The minimum absolute atomic E-state index is 0.00599. The molecular formula is C30H33O12P3. The number of benzene rings is 3. The average Bonchev–Trinajstić information content (AvgIpc) is 3.41. The van der Waals surface area contributed by atoms with Crippen molar-refractivity contribution in [2.24, 2.45) is 0 Å². The second kappa shape index (κ2) is 13.2. The number of hydrogen-bond donors (Lipinski definition) is 0. The van der Waals surface area contributed by atoms with E-state index in [1.807, 2.05) is 72.8 Å². The van der Waals surface area contributed by atoms with Crippen molar-refractivity contribution in [3.63, 3.8) is 0 Å². The van der Waals surface area contributed by atoms with Crippen LogP contribution in [0, 0.1) is 0 Å². The van der Waals surface area contributed by atoms with Gasteiger partial charge in [0, 0.05) is 0 Å². The molecule has 0 aromatic heterocycles. The van der Waals surface area contributed by atoms with Gasteiger partial charge in [-0.2, -0.15) is 0 Å². The fraction of sp³-hybridized carbons (Fsp3) is 0.400. The Hall–Kier alpha value is -2.01. The molecule has 240 valence electrons. The number of fused-ring (bicyclic) bond motifs is 3. The zero-order valence-corrected chi connectivity index (χ0v) is 26.9. The SMILES string of the molecule is O=P1(OC2[C@H](OP3(=O)OCc4ccccc4CO3)CCC[C@H]2OP2(=O)OCc3ccccc3CO2)OCc2ccccc2CO1. The summed E-state index contributed by atoms with van der Waals surface area (Å²) in [5.41, 5.74) is 4.89. The molecule has 0 radical (unpaired) electrons. The molecule has 3 heterocycles. The molecule has 1 aliphatic carbocycles. The standard InChI is InChI=1S/C30H33O12P3/c31-43(34-16-22-8-1-2-9-23(22)17-35-43)40-28-14-7-15-29(41-44(32)36-18-24-10-3-4-11-25(24)19-37-44)30(28)42-45(33)38-20-26-12-5-6-13-27(26)21-39-45/h1-6,8-13,28-30H,7,14-21H2/t28-,29-/m1/s1. The molecule has 7 rings (SSSR count). The van der Waals surface area contributed by atoms with E-state index in [1.165, 1.54) is 0 Å². The van der Waals surface area contributed by atoms with Crippen molar-refractivity contribution in [1.29, 1.82) is 0 Å². The van der Waals surface area contributed by atoms with E-state index < -0.39 is 41.8 Å². The van der Waals surface area contributed by atoms with Crippen LogP contribution in [-0.2, 0) is 94.1 Å². The molecule has 0 amide bonds. The molecule has 0 saturated heterocycles. The van der Waals surface area contributed by atoms with Crippen LogP contribution in [-0.4, -0.2) is 18.3 Å². The van der Waals surface area contributed by atoms with Crippen molar-refractivity contribution in [1.82, 2.24) is 0 Å². The number of phosphoric ester groups is 3. The Labute approximate surface area is 261 Å². The highest BCUT2D eigenvalue weighted by Crippen LogP contribution is 2.61. The monoisotopic (exact) mass is 678 g/mol. The molecule has 3 aromatic rings. The highest BCUT2D eigenvalue weighted by molar-refractivity contribution is 7.49. The highest BCUT2D eigenvalue weighted by Gasteiger charge is 2.49. The van der Waals surface area contributed by atoms with Gasteiger partial charge in [-0.05, 0) is 52.6 Å². The van der Waals surface area contributed by atoms with Crippen molar-refractivity contribution >= 4 is 23.5 Å². The van der Waals surface area contributed by atoms with E-state index in [4.69, 9.17) is 40.7 Å². The fourth-order valence-corrected chi connectivity index (χ4v) is 9.69. The third-order valence-electron chi connectivity index (χ3n) is 8.11. The second-order valence-electron chi connectivity index (χ2n) is 11.1. The summed E-state index contributed by atoms with van der Waals surface area (Å²) in [5, 5.41) is 0. The Bertz CT molecular complexity index is 1500. The molecular weight excluding hydrogens is 645 g/mol. The molecule has 1 saturated carbocycles. The van der Waals surface area contributed by atoms with Crippen LogP contribution in [0.3, 0.4) is 0 Å². The van der Waals surface area contributed by atoms with Crippen LogP contribution >= 0.6 is 23.5 Å². The summed E-state index contributed by atoms with van der Waals surface area (Å²) in [7, 11) is -12.5. The first-order valence-electron chi connectivity index (χ1n) is 14.7. The molecule has 0 bridgehead atoms. The normalized spacial score (nSPS) is 25.9. The lowest BCUT2D eigenvalue weighted by atomic mass is 9.92. The van der Waals surface area contributed by atoms with Crippen LogP contribution in [0.25, 0.3) is 0 Å². The van der Waals surface area contributed by atoms with Gasteiger partial charge in [0.25, 0.3) is 0 Å². The van der Waals surface area contributed by atoms with Crippen molar-refractivity contribution in [2.75, 3.05) is 0 Å². The third kappa shape index (κ3) is 7.29.